The molecule has 0 aliphatic carbocycles. The Bertz CT molecular complexity index is 400. The molecule has 0 aliphatic rings. The summed E-state index contributed by atoms with van der Waals surface area (Å²) in [6.45, 7) is 2.02. The Morgan fingerprint density at radius 2 is 1.89 bits per heavy atom. The standard InChI is InChI=1S/C13H16O4S/c1-3-17-13(15)8-10(14)9-18-12-6-4-11(16-2)5-7-12/h4-7H,3,8-9H2,1-2H3. The van der Waals surface area contributed by atoms with Gasteiger partial charge in [0.2, 0.25) is 0 Å². The molecule has 98 valence electrons. The van der Waals surface area contributed by atoms with Crippen LogP contribution < -0.4 is 4.74 Å². The van der Waals surface area contributed by atoms with Crippen LogP contribution in [0.5, 0.6) is 5.75 Å². The monoisotopic (exact) mass is 268 g/mol. The van der Waals surface area contributed by atoms with Crippen LogP contribution >= 0.6 is 11.8 Å². The Kier molecular flexibility index (Phi) is 6.28. The molecule has 1 rings (SSSR count). The molecule has 0 aliphatic heterocycles. The minimum atomic E-state index is -0.460. The molecule has 0 N–H and O–H groups in total. The van der Waals surface area contributed by atoms with E-state index in [1.807, 2.05) is 24.3 Å². The van der Waals surface area contributed by atoms with E-state index in [0.29, 0.717) is 6.61 Å². The van der Waals surface area contributed by atoms with Crippen LogP contribution in [0.25, 0.3) is 0 Å². The van der Waals surface area contributed by atoms with E-state index >= 15 is 0 Å². The Morgan fingerprint density at radius 3 is 2.44 bits per heavy atom. The number of benzene rings is 1. The minimum absolute atomic E-state index is 0.130. The van der Waals surface area contributed by atoms with E-state index in [-0.39, 0.29) is 18.0 Å². The highest BCUT2D eigenvalue weighted by atomic mass is 32.2. The number of methoxy groups -OCH3 is 1. The van der Waals surface area contributed by atoms with Gasteiger partial charge < -0.3 is 9.47 Å². The van der Waals surface area contributed by atoms with Crippen molar-refractivity contribution in [2.45, 2.75) is 18.2 Å². The van der Waals surface area contributed by atoms with Gasteiger partial charge in [-0.05, 0) is 31.2 Å². The molecule has 18 heavy (non-hydrogen) atoms. The molecule has 0 amide bonds. The normalized spacial score (nSPS) is 9.89. The molecule has 4 nitrogen and oxygen atoms in total. The first-order valence-electron chi connectivity index (χ1n) is 5.60. The van der Waals surface area contributed by atoms with Crippen LogP contribution in [-0.4, -0.2) is 31.2 Å². The Balaban J connectivity index is 2.35. The summed E-state index contributed by atoms with van der Waals surface area (Å²) in [4.78, 5) is 23.5. The summed E-state index contributed by atoms with van der Waals surface area (Å²) in [7, 11) is 1.60. The van der Waals surface area contributed by atoms with Crippen molar-refractivity contribution in [3.63, 3.8) is 0 Å². The lowest BCUT2D eigenvalue weighted by Crippen LogP contribution is -2.12. The minimum Gasteiger partial charge on any atom is -0.497 e. The summed E-state index contributed by atoms with van der Waals surface area (Å²) in [5, 5.41) is 0. The van der Waals surface area contributed by atoms with Gasteiger partial charge in [-0.2, -0.15) is 0 Å². The molecule has 0 atom stereocenters. The highest BCUT2D eigenvalue weighted by Crippen LogP contribution is 2.21. The number of rotatable bonds is 7. The number of ether oxygens (including phenoxy) is 2. The second-order valence-electron chi connectivity index (χ2n) is 3.48. The topological polar surface area (TPSA) is 52.6 Å². The van der Waals surface area contributed by atoms with Crippen molar-refractivity contribution in [3.05, 3.63) is 24.3 Å². The van der Waals surface area contributed by atoms with Crippen molar-refractivity contribution in [1.29, 1.82) is 0 Å². The quantitative estimate of drug-likeness (QED) is 0.431. The molecule has 0 spiro atoms. The van der Waals surface area contributed by atoms with E-state index in [1.54, 1.807) is 14.0 Å². The number of ketones is 1. The molecule has 0 radical (unpaired) electrons. The van der Waals surface area contributed by atoms with Gasteiger partial charge >= 0.3 is 5.97 Å². The summed E-state index contributed by atoms with van der Waals surface area (Å²) in [6.07, 6.45) is -0.156. The average molecular weight is 268 g/mol. The Labute approximate surface area is 111 Å². The third-order valence-electron chi connectivity index (χ3n) is 2.11. The lowest BCUT2D eigenvalue weighted by Gasteiger charge is -2.03. The first-order chi connectivity index (χ1) is 8.65. The zero-order valence-electron chi connectivity index (χ0n) is 10.5. The first kappa shape index (κ1) is 14.6. The van der Waals surface area contributed by atoms with E-state index in [9.17, 15) is 9.59 Å². The summed E-state index contributed by atoms with van der Waals surface area (Å²) in [6, 6.07) is 7.42. The molecule has 0 bridgehead atoms. The van der Waals surface area contributed by atoms with Gasteiger partial charge in [-0.15, -0.1) is 11.8 Å². The molecule has 0 aromatic heterocycles. The maximum Gasteiger partial charge on any atom is 0.313 e. The van der Waals surface area contributed by atoms with E-state index in [4.69, 9.17) is 9.47 Å². The van der Waals surface area contributed by atoms with Gasteiger partial charge in [0.25, 0.3) is 0 Å². The molecule has 0 fully saturated rings. The molecular formula is C13H16O4S. The van der Waals surface area contributed by atoms with Crippen molar-refractivity contribution in [2.24, 2.45) is 0 Å². The van der Waals surface area contributed by atoms with Gasteiger partial charge in [-0.1, -0.05) is 0 Å². The highest BCUT2D eigenvalue weighted by molar-refractivity contribution is 8.00. The second kappa shape index (κ2) is 7.76. The number of thioether (sulfide) groups is 1. The van der Waals surface area contributed by atoms with Gasteiger partial charge in [-0.3, -0.25) is 9.59 Å². The van der Waals surface area contributed by atoms with Crippen molar-refractivity contribution < 1.29 is 19.1 Å². The largest absolute Gasteiger partial charge is 0.497 e. The van der Waals surface area contributed by atoms with E-state index < -0.39 is 5.97 Å². The third-order valence-corrected chi connectivity index (χ3v) is 3.18. The number of Topliss-reactive ketones (excluding diaryl/α,β-unsaturated/α-hetero) is 1. The van der Waals surface area contributed by atoms with Crippen LogP contribution in [0.2, 0.25) is 0 Å². The maximum absolute atomic E-state index is 11.5. The van der Waals surface area contributed by atoms with Crippen LogP contribution in [0.1, 0.15) is 13.3 Å². The van der Waals surface area contributed by atoms with Crippen LogP contribution in [0, 0.1) is 0 Å². The van der Waals surface area contributed by atoms with Crippen molar-refractivity contribution >= 4 is 23.5 Å². The fourth-order valence-corrected chi connectivity index (χ4v) is 2.02. The van der Waals surface area contributed by atoms with Gasteiger partial charge in [0.15, 0.2) is 5.78 Å². The molecule has 0 heterocycles. The van der Waals surface area contributed by atoms with Gasteiger partial charge in [0.1, 0.15) is 12.2 Å². The van der Waals surface area contributed by atoms with E-state index in [1.165, 1.54) is 11.8 Å². The smallest absolute Gasteiger partial charge is 0.313 e. The Hall–Kier alpha value is -1.49. The summed E-state index contributed by atoms with van der Waals surface area (Å²) in [5.74, 6) is 0.454. The summed E-state index contributed by atoms with van der Waals surface area (Å²) >= 11 is 1.39. The third kappa shape index (κ3) is 5.23. The zero-order chi connectivity index (χ0) is 13.4. The lowest BCUT2D eigenvalue weighted by atomic mass is 10.3. The van der Waals surface area contributed by atoms with Crippen LogP contribution in [0.4, 0.5) is 0 Å². The first-order valence-corrected chi connectivity index (χ1v) is 6.58. The zero-order valence-corrected chi connectivity index (χ0v) is 11.3. The molecule has 0 saturated carbocycles. The van der Waals surface area contributed by atoms with Crippen LogP contribution in [0.15, 0.2) is 29.2 Å². The number of hydrogen-bond acceptors (Lipinski definition) is 5. The summed E-state index contributed by atoms with van der Waals surface area (Å²) < 4.78 is 9.75. The van der Waals surface area contributed by atoms with E-state index in [2.05, 4.69) is 0 Å². The number of esters is 1. The second-order valence-corrected chi connectivity index (χ2v) is 4.53. The number of carbonyl (C=O) groups excluding carboxylic acids is 2. The van der Waals surface area contributed by atoms with E-state index in [0.717, 1.165) is 10.6 Å². The molecule has 0 unspecified atom stereocenters. The molecule has 1 aromatic carbocycles. The summed E-state index contributed by atoms with van der Waals surface area (Å²) in [5.41, 5.74) is 0. The van der Waals surface area contributed by atoms with Gasteiger partial charge in [0.05, 0.1) is 19.5 Å². The molecular weight excluding hydrogens is 252 g/mol. The Morgan fingerprint density at radius 1 is 1.22 bits per heavy atom. The lowest BCUT2D eigenvalue weighted by molar-refractivity contribution is -0.145. The van der Waals surface area contributed by atoms with Gasteiger partial charge in [-0.25, -0.2) is 0 Å². The predicted molar refractivity (Wildman–Crippen MR) is 70.0 cm³/mol. The average Bonchev–Trinajstić information content (AvgIpc) is 2.37. The van der Waals surface area contributed by atoms with Crippen LogP contribution in [-0.2, 0) is 14.3 Å². The number of carbonyl (C=O) groups is 2. The maximum atomic E-state index is 11.5. The highest BCUT2D eigenvalue weighted by Gasteiger charge is 2.10. The number of hydrogen-bond donors (Lipinski definition) is 0. The fraction of sp³-hybridized carbons (Fsp3) is 0.385. The van der Waals surface area contributed by atoms with Crippen molar-refractivity contribution in [3.8, 4) is 5.75 Å². The predicted octanol–water partition coefficient (Wildman–Crippen LogP) is 2.31. The molecule has 5 heteroatoms. The van der Waals surface area contributed by atoms with Crippen molar-refractivity contribution in [1.82, 2.24) is 0 Å². The van der Waals surface area contributed by atoms with Crippen LogP contribution in [0.3, 0.4) is 0 Å². The molecule has 1 aromatic rings. The SMILES string of the molecule is CCOC(=O)CC(=O)CSc1ccc(OC)cc1. The fourth-order valence-electron chi connectivity index (χ4n) is 1.26. The van der Waals surface area contributed by atoms with Crippen molar-refractivity contribution in [2.75, 3.05) is 19.5 Å². The molecule has 0 saturated heterocycles. The van der Waals surface area contributed by atoms with Gasteiger partial charge in [0, 0.05) is 4.90 Å².